The van der Waals surface area contributed by atoms with E-state index in [0.29, 0.717) is 43.4 Å². The highest BCUT2D eigenvalue weighted by molar-refractivity contribution is 7.89. The van der Waals surface area contributed by atoms with Gasteiger partial charge in [-0.1, -0.05) is 25.3 Å². The maximum Gasteiger partial charge on any atom is 0.243 e. The average molecular weight is 379 g/mol. The fourth-order valence-corrected chi connectivity index (χ4v) is 5.48. The molecule has 0 aromatic heterocycles. The van der Waals surface area contributed by atoms with Gasteiger partial charge in [-0.25, -0.2) is 8.42 Å². The van der Waals surface area contributed by atoms with E-state index in [1.807, 2.05) is 24.8 Å². The Morgan fingerprint density at radius 2 is 1.65 bits per heavy atom. The van der Waals surface area contributed by atoms with E-state index in [4.69, 9.17) is 0 Å². The smallest absolute Gasteiger partial charge is 0.243 e. The minimum absolute atomic E-state index is 0.195. The molecule has 5 nitrogen and oxygen atoms in total. The highest BCUT2D eigenvalue weighted by Gasteiger charge is 2.31. The summed E-state index contributed by atoms with van der Waals surface area (Å²) in [6.45, 7) is 5.65. The number of piperazine rings is 1. The van der Waals surface area contributed by atoms with Gasteiger partial charge in [0.05, 0.1) is 4.90 Å². The van der Waals surface area contributed by atoms with Crippen molar-refractivity contribution in [2.45, 2.75) is 57.3 Å². The van der Waals surface area contributed by atoms with Crippen molar-refractivity contribution >= 4 is 15.9 Å². The molecule has 0 radical (unpaired) electrons. The fraction of sp³-hybridized carbons (Fsp3) is 0.650. The van der Waals surface area contributed by atoms with E-state index in [1.165, 1.54) is 23.6 Å². The first-order chi connectivity index (χ1) is 12.4. The molecule has 6 heteroatoms. The van der Waals surface area contributed by atoms with E-state index in [2.05, 4.69) is 0 Å². The van der Waals surface area contributed by atoms with Crippen LogP contribution in [0.3, 0.4) is 0 Å². The topological polar surface area (TPSA) is 57.7 Å². The number of nitrogens with zero attached hydrogens (tertiary/aromatic N) is 2. The Hall–Kier alpha value is -1.40. The van der Waals surface area contributed by atoms with Crippen molar-refractivity contribution in [2.24, 2.45) is 5.92 Å². The molecule has 1 aliphatic carbocycles. The van der Waals surface area contributed by atoms with Crippen LogP contribution in [-0.2, 0) is 14.8 Å². The molecule has 1 aromatic carbocycles. The lowest BCUT2D eigenvalue weighted by molar-refractivity contribution is -0.133. The van der Waals surface area contributed by atoms with Crippen molar-refractivity contribution in [1.82, 2.24) is 9.21 Å². The van der Waals surface area contributed by atoms with Crippen LogP contribution < -0.4 is 0 Å². The van der Waals surface area contributed by atoms with Crippen LogP contribution in [0.1, 0.15) is 49.7 Å². The largest absolute Gasteiger partial charge is 0.340 e. The molecule has 1 amide bonds. The summed E-state index contributed by atoms with van der Waals surface area (Å²) in [7, 11) is -3.48. The third-order valence-corrected chi connectivity index (χ3v) is 7.79. The molecule has 0 spiro atoms. The first-order valence-corrected chi connectivity index (χ1v) is 11.2. The van der Waals surface area contributed by atoms with Crippen molar-refractivity contribution in [3.8, 4) is 0 Å². The molecule has 2 aliphatic rings. The predicted octanol–water partition coefficient (Wildman–Crippen LogP) is 3.11. The first-order valence-electron chi connectivity index (χ1n) is 9.73. The third-order valence-electron chi connectivity index (χ3n) is 5.90. The molecule has 1 saturated heterocycles. The Balaban J connectivity index is 1.58. The van der Waals surface area contributed by atoms with Gasteiger partial charge < -0.3 is 4.90 Å². The molecule has 0 bridgehead atoms. The second-order valence-electron chi connectivity index (χ2n) is 7.74. The van der Waals surface area contributed by atoms with E-state index in [0.717, 1.165) is 24.0 Å². The van der Waals surface area contributed by atoms with Crippen LogP contribution in [0.15, 0.2) is 23.1 Å². The van der Waals surface area contributed by atoms with E-state index < -0.39 is 10.0 Å². The summed E-state index contributed by atoms with van der Waals surface area (Å²) in [5, 5.41) is 0. The maximum atomic E-state index is 12.9. The summed E-state index contributed by atoms with van der Waals surface area (Å²) in [6, 6.07) is 5.27. The van der Waals surface area contributed by atoms with E-state index in [9.17, 15) is 13.2 Å². The maximum absolute atomic E-state index is 12.9. The van der Waals surface area contributed by atoms with Gasteiger partial charge in [0, 0.05) is 32.6 Å². The molecule has 1 heterocycles. The monoisotopic (exact) mass is 378 g/mol. The van der Waals surface area contributed by atoms with Crippen LogP contribution in [-0.4, -0.2) is 49.7 Å². The zero-order valence-electron chi connectivity index (χ0n) is 15.9. The lowest BCUT2D eigenvalue weighted by atomic mass is 9.86. The van der Waals surface area contributed by atoms with Crippen molar-refractivity contribution in [1.29, 1.82) is 0 Å². The number of hydrogen-bond acceptors (Lipinski definition) is 3. The molecule has 3 rings (SSSR count). The zero-order chi connectivity index (χ0) is 18.7. The Kier molecular flexibility index (Phi) is 6.03. The minimum Gasteiger partial charge on any atom is -0.340 e. The van der Waals surface area contributed by atoms with Gasteiger partial charge in [0.25, 0.3) is 0 Å². The SMILES string of the molecule is Cc1ccc(S(=O)(=O)N2CCN(C(=O)CC3CCCCC3)CC2)cc1C. The summed E-state index contributed by atoms with van der Waals surface area (Å²) >= 11 is 0. The number of amides is 1. The van der Waals surface area contributed by atoms with E-state index in [-0.39, 0.29) is 5.91 Å². The van der Waals surface area contributed by atoms with Crippen LogP contribution in [0.25, 0.3) is 0 Å². The van der Waals surface area contributed by atoms with Crippen LogP contribution in [0.5, 0.6) is 0 Å². The van der Waals surface area contributed by atoms with Crippen molar-refractivity contribution in [3.63, 3.8) is 0 Å². The fourth-order valence-electron chi connectivity index (χ4n) is 3.97. The summed E-state index contributed by atoms with van der Waals surface area (Å²) in [5.41, 5.74) is 2.06. The lowest BCUT2D eigenvalue weighted by Crippen LogP contribution is -2.50. The van der Waals surface area contributed by atoms with Gasteiger partial charge in [-0.05, 0) is 55.9 Å². The molecule has 26 heavy (non-hydrogen) atoms. The van der Waals surface area contributed by atoms with Gasteiger partial charge in [0.15, 0.2) is 0 Å². The Morgan fingerprint density at radius 1 is 1.00 bits per heavy atom. The molecule has 1 aromatic rings. The number of hydrogen-bond donors (Lipinski definition) is 0. The Bertz CT molecular complexity index is 746. The number of rotatable bonds is 4. The lowest BCUT2D eigenvalue weighted by Gasteiger charge is -2.35. The first kappa shape index (κ1) is 19.4. The second-order valence-corrected chi connectivity index (χ2v) is 9.68. The number of carbonyl (C=O) groups is 1. The van der Waals surface area contributed by atoms with Crippen molar-refractivity contribution in [2.75, 3.05) is 26.2 Å². The minimum atomic E-state index is -3.48. The summed E-state index contributed by atoms with van der Waals surface area (Å²) in [5.74, 6) is 0.716. The van der Waals surface area contributed by atoms with Crippen LogP contribution in [0.2, 0.25) is 0 Å². The Morgan fingerprint density at radius 3 is 2.27 bits per heavy atom. The molecule has 1 aliphatic heterocycles. The predicted molar refractivity (Wildman–Crippen MR) is 102 cm³/mol. The van der Waals surface area contributed by atoms with Gasteiger partial charge in [0.1, 0.15) is 0 Å². The van der Waals surface area contributed by atoms with Gasteiger partial charge in [-0.3, -0.25) is 4.79 Å². The third kappa shape index (κ3) is 4.29. The average Bonchev–Trinajstić information content (AvgIpc) is 2.65. The molecular formula is C20H30N2O3S. The van der Waals surface area contributed by atoms with Crippen LogP contribution >= 0.6 is 0 Å². The number of aryl methyl sites for hydroxylation is 2. The highest BCUT2D eigenvalue weighted by Crippen LogP contribution is 2.27. The normalized spacial score (nSPS) is 20.3. The molecular weight excluding hydrogens is 348 g/mol. The Labute approximate surface area is 157 Å². The van der Waals surface area contributed by atoms with Crippen LogP contribution in [0.4, 0.5) is 0 Å². The standard InChI is InChI=1S/C20H30N2O3S/c1-16-8-9-19(14-17(16)2)26(24,25)22-12-10-21(11-13-22)20(23)15-18-6-4-3-5-7-18/h8-9,14,18H,3-7,10-13,15H2,1-2H3. The number of carbonyl (C=O) groups excluding carboxylic acids is 1. The highest BCUT2D eigenvalue weighted by atomic mass is 32.2. The summed E-state index contributed by atoms with van der Waals surface area (Å²) in [4.78, 5) is 14.7. The zero-order valence-corrected chi connectivity index (χ0v) is 16.7. The van der Waals surface area contributed by atoms with E-state index in [1.54, 1.807) is 12.1 Å². The second kappa shape index (κ2) is 8.09. The molecule has 144 valence electrons. The van der Waals surface area contributed by atoms with Crippen molar-refractivity contribution < 1.29 is 13.2 Å². The molecule has 1 saturated carbocycles. The molecule has 2 fully saturated rings. The van der Waals surface area contributed by atoms with Gasteiger partial charge in [-0.2, -0.15) is 4.31 Å². The van der Waals surface area contributed by atoms with E-state index >= 15 is 0 Å². The van der Waals surface area contributed by atoms with Crippen LogP contribution in [0, 0.1) is 19.8 Å². The molecule has 0 atom stereocenters. The summed E-state index contributed by atoms with van der Waals surface area (Å²) < 4.78 is 27.2. The molecule has 0 N–H and O–H groups in total. The van der Waals surface area contributed by atoms with Crippen molar-refractivity contribution in [3.05, 3.63) is 29.3 Å². The quantitative estimate of drug-likeness (QED) is 0.809. The molecule has 0 unspecified atom stereocenters. The van der Waals surface area contributed by atoms with Gasteiger partial charge >= 0.3 is 0 Å². The van der Waals surface area contributed by atoms with Gasteiger partial charge in [0.2, 0.25) is 15.9 Å². The van der Waals surface area contributed by atoms with Gasteiger partial charge in [-0.15, -0.1) is 0 Å². The number of sulfonamides is 1. The number of benzene rings is 1. The summed E-state index contributed by atoms with van der Waals surface area (Å²) in [6.07, 6.45) is 6.71.